The van der Waals surface area contributed by atoms with Crippen molar-refractivity contribution in [2.75, 3.05) is 13.2 Å². The first-order valence-electron chi connectivity index (χ1n) is 14.8. The van der Waals surface area contributed by atoms with Crippen molar-refractivity contribution in [3.05, 3.63) is 81.6 Å². The van der Waals surface area contributed by atoms with E-state index in [2.05, 4.69) is 10.3 Å². The summed E-state index contributed by atoms with van der Waals surface area (Å²) in [7, 11) is 0. The lowest BCUT2D eigenvalue weighted by atomic mass is 9.97. The van der Waals surface area contributed by atoms with Gasteiger partial charge in [0.25, 0.3) is 0 Å². The molecule has 2 fully saturated rings. The van der Waals surface area contributed by atoms with Gasteiger partial charge < -0.3 is 49.3 Å². The first-order chi connectivity index (χ1) is 23.8. The molecule has 10 atom stereocenters. The summed E-state index contributed by atoms with van der Waals surface area (Å²) in [6.07, 6.45) is -10.1. The summed E-state index contributed by atoms with van der Waals surface area (Å²) in [4.78, 5) is 12.5. The average molecular weight is 734 g/mol. The average Bonchev–Trinajstić information content (AvgIpc) is 3.57. The second-order valence-corrected chi connectivity index (χ2v) is 12.7. The van der Waals surface area contributed by atoms with E-state index in [1.54, 1.807) is 0 Å². The first kappa shape index (κ1) is 36.2. The number of halogens is 5. The standard InChI is InChI=1S/C30H28F5N3O11S/c31-13-1-2-17-12(20(13)34)3-11(28(45)47-17)9-46-27-24(42)19(8-40)49-30(26(27)44)50-29-25(43)22(23(41)18(7-39)48-29)38-6-16(36-37-38)10-4-14(32)21(35)15(33)5-10/h1-6,18-19,22-27,29-30,39-44H,7-9H2/t18-,19-,22+,23+,24+,25-,26-,27+,29+,30+/m1/s1. The molecule has 4 heterocycles. The van der Waals surface area contributed by atoms with Crippen molar-refractivity contribution in [3.8, 4) is 11.3 Å². The van der Waals surface area contributed by atoms with E-state index in [9.17, 15) is 57.4 Å². The third-order valence-corrected chi connectivity index (χ3v) is 9.66. The monoisotopic (exact) mass is 733 g/mol. The second kappa shape index (κ2) is 14.6. The van der Waals surface area contributed by atoms with Gasteiger partial charge in [0, 0.05) is 5.56 Å². The van der Waals surface area contributed by atoms with Gasteiger partial charge in [-0.15, -0.1) is 5.10 Å². The minimum Gasteiger partial charge on any atom is -0.422 e. The molecule has 0 bridgehead atoms. The van der Waals surface area contributed by atoms with Crippen molar-refractivity contribution < 1.29 is 71.2 Å². The number of aliphatic hydroxyl groups excluding tert-OH is 6. The van der Waals surface area contributed by atoms with E-state index >= 15 is 0 Å². The van der Waals surface area contributed by atoms with Gasteiger partial charge in [0.1, 0.15) is 70.9 Å². The molecule has 4 aromatic rings. The Morgan fingerprint density at radius 2 is 1.46 bits per heavy atom. The highest BCUT2D eigenvalue weighted by Crippen LogP contribution is 2.40. The molecule has 2 aliphatic rings. The van der Waals surface area contributed by atoms with Crippen LogP contribution < -0.4 is 5.63 Å². The molecule has 2 aliphatic heterocycles. The molecular formula is C30H28F5N3O11S. The van der Waals surface area contributed by atoms with Crippen molar-refractivity contribution in [3.63, 3.8) is 0 Å². The highest BCUT2D eigenvalue weighted by molar-refractivity contribution is 8.00. The van der Waals surface area contributed by atoms with E-state index in [4.69, 9.17) is 18.6 Å². The molecule has 0 spiro atoms. The number of fused-ring (bicyclic) bond motifs is 1. The third kappa shape index (κ3) is 6.75. The SMILES string of the molecule is O=c1oc2ccc(F)c(F)c2cc1CO[C@H]1[C@@H](O)[C@@H](CO)O[C@@H](S[C@@H]2O[C@H](CO)[C@H](O)[C@H](n3cc(-c4cc(F)c(F)c(F)c4)nn3)[C@H]2O)[C@@H]1O. The summed E-state index contributed by atoms with van der Waals surface area (Å²) < 4.78 is 92.2. The van der Waals surface area contributed by atoms with Crippen LogP contribution in [0.5, 0.6) is 0 Å². The number of thioether (sulfide) groups is 1. The van der Waals surface area contributed by atoms with Crippen LogP contribution in [0.15, 0.2) is 45.7 Å². The van der Waals surface area contributed by atoms with Crippen molar-refractivity contribution in [1.82, 2.24) is 15.0 Å². The molecule has 0 saturated carbocycles. The van der Waals surface area contributed by atoms with Crippen LogP contribution in [-0.2, 0) is 20.8 Å². The maximum Gasteiger partial charge on any atom is 0.341 e. The van der Waals surface area contributed by atoms with Gasteiger partial charge in [-0.25, -0.2) is 31.4 Å². The third-order valence-electron chi connectivity index (χ3n) is 8.34. The summed E-state index contributed by atoms with van der Waals surface area (Å²) in [6, 6.07) is 2.71. The number of hydrogen-bond donors (Lipinski definition) is 6. The van der Waals surface area contributed by atoms with Gasteiger partial charge in [-0.1, -0.05) is 17.0 Å². The van der Waals surface area contributed by atoms with Crippen LogP contribution >= 0.6 is 11.8 Å². The maximum absolute atomic E-state index is 14.3. The van der Waals surface area contributed by atoms with Gasteiger partial charge >= 0.3 is 5.63 Å². The predicted octanol–water partition coefficient (Wildman–Crippen LogP) is 0.485. The minimum absolute atomic E-state index is 0.169. The van der Waals surface area contributed by atoms with Crippen LogP contribution in [0.3, 0.4) is 0 Å². The van der Waals surface area contributed by atoms with Crippen LogP contribution in [0.25, 0.3) is 22.2 Å². The van der Waals surface area contributed by atoms with Crippen LogP contribution in [0.4, 0.5) is 22.0 Å². The molecule has 50 heavy (non-hydrogen) atoms. The Morgan fingerprint density at radius 1 is 0.820 bits per heavy atom. The summed E-state index contributed by atoms with van der Waals surface area (Å²) in [6.45, 7) is -2.26. The fraction of sp³-hybridized carbons (Fsp3) is 0.433. The predicted molar refractivity (Wildman–Crippen MR) is 158 cm³/mol. The molecule has 6 rings (SSSR count). The fourth-order valence-corrected chi connectivity index (χ4v) is 7.02. The van der Waals surface area contributed by atoms with Gasteiger partial charge in [0.05, 0.1) is 37.0 Å². The van der Waals surface area contributed by atoms with Gasteiger partial charge in [0.15, 0.2) is 29.1 Å². The number of aromatic nitrogens is 3. The number of rotatable bonds is 9. The summed E-state index contributed by atoms with van der Waals surface area (Å²) in [5, 5.41) is 71.3. The van der Waals surface area contributed by atoms with E-state index in [1.807, 2.05) is 0 Å². The molecule has 0 radical (unpaired) electrons. The number of hydrogen-bond acceptors (Lipinski definition) is 14. The first-order valence-corrected chi connectivity index (χ1v) is 15.8. The molecule has 14 nitrogen and oxygen atoms in total. The topological polar surface area (TPSA) is 210 Å². The molecule has 0 aliphatic carbocycles. The minimum atomic E-state index is -1.77. The number of nitrogens with zero attached hydrogens (tertiary/aromatic N) is 3. The molecule has 2 aromatic carbocycles. The largest absolute Gasteiger partial charge is 0.422 e. The second-order valence-electron chi connectivity index (χ2n) is 11.5. The van der Waals surface area contributed by atoms with Gasteiger partial charge in [-0.05, 0) is 30.3 Å². The van der Waals surface area contributed by atoms with Crippen molar-refractivity contribution in [1.29, 1.82) is 0 Å². The van der Waals surface area contributed by atoms with E-state index in [0.717, 1.165) is 29.1 Å². The Labute approximate surface area is 281 Å². The smallest absolute Gasteiger partial charge is 0.341 e. The summed E-state index contributed by atoms with van der Waals surface area (Å²) >= 11 is 0.598. The number of aliphatic hydroxyl groups is 6. The Kier molecular flexibility index (Phi) is 10.6. The van der Waals surface area contributed by atoms with Crippen molar-refractivity contribution >= 4 is 22.7 Å². The lowest BCUT2D eigenvalue weighted by molar-refractivity contribution is -0.225. The van der Waals surface area contributed by atoms with Gasteiger partial charge in [-0.2, -0.15) is 0 Å². The normalized spacial score (nSPS) is 30.2. The molecule has 270 valence electrons. The lowest BCUT2D eigenvalue weighted by Crippen LogP contribution is -2.60. The highest BCUT2D eigenvalue weighted by Gasteiger charge is 2.51. The van der Waals surface area contributed by atoms with Crippen molar-refractivity contribution in [2.45, 2.75) is 66.2 Å². The number of benzene rings is 2. The van der Waals surface area contributed by atoms with E-state index in [0.29, 0.717) is 23.9 Å². The molecule has 6 N–H and O–H groups in total. The maximum atomic E-state index is 14.3. The zero-order valence-corrected chi connectivity index (χ0v) is 26.0. The zero-order chi connectivity index (χ0) is 36.0. The van der Waals surface area contributed by atoms with E-state index < -0.39 is 114 Å². The Morgan fingerprint density at radius 3 is 2.12 bits per heavy atom. The van der Waals surface area contributed by atoms with Gasteiger partial charge in [0.2, 0.25) is 0 Å². The fourth-order valence-electron chi connectivity index (χ4n) is 5.70. The van der Waals surface area contributed by atoms with Crippen molar-refractivity contribution in [2.24, 2.45) is 0 Å². The Balaban J connectivity index is 1.22. The van der Waals surface area contributed by atoms with Crippen LogP contribution in [0.1, 0.15) is 11.6 Å². The quantitative estimate of drug-likeness (QED) is 0.0786. The number of ether oxygens (including phenoxy) is 3. The Hall–Kier alpha value is -3.57. The van der Waals surface area contributed by atoms with Crippen LogP contribution in [-0.4, -0.2) is 112 Å². The zero-order valence-electron chi connectivity index (χ0n) is 25.2. The molecule has 2 aromatic heterocycles. The Bertz CT molecular complexity index is 1900. The summed E-state index contributed by atoms with van der Waals surface area (Å²) in [5.41, 5.74) is -4.79. The van der Waals surface area contributed by atoms with E-state index in [1.165, 1.54) is 0 Å². The molecule has 2 saturated heterocycles. The van der Waals surface area contributed by atoms with Crippen LogP contribution in [0, 0.1) is 29.1 Å². The molecule has 0 amide bonds. The molecule has 0 unspecified atom stereocenters. The highest BCUT2D eigenvalue weighted by atomic mass is 32.2. The van der Waals surface area contributed by atoms with E-state index in [-0.39, 0.29) is 27.8 Å². The lowest BCUT2D eigenvalue weighted by Gasteiger charge is -2.46. The molecule has 20 heteroatoms. The summed E-state index contributed by atoms with van der Waals surface area (Å²) in [5.74, 6) is -7.19. The van der Waals surface area contributed by atoms with Crippen LogP contribution in [0.2, 0.25) is 0 Å². The van der Waals surface area contributed by atoms with Gasteiger partial charge in [-0.3, -0.25) is 0 Å². The molecular weight excluding hydrogens is 705 g/mol.